The van der Waals surface area contributed by atoms with Crippen molar-refractivity contribution in [1.82, 2.24) is 4.90 Å². The fourth-order valence-corrected chi connectivity index (χ4v) is 3.48. The van der Waals surface area contributed by atoms with Crippen LogP contribution in [0.4, 0.5) is 5.69 Å². The topological polar surface area (TPSA) is 51.2 Å². The molecule has 1 aliphatic rings. The number of nitrogens with zero attached hydrogens (tertiary/aromatic N) is 2. The molecule has 0 radical (unpaired) electrons. The summed E-state index contributed by atoms with van der Waals surface area (Å²) in [5.74, 6) is 2.60. The van der Waals surface area contributed by atoms with Crippen LogP contribution in [-0.2, 0) is 11.2 Å². The molecule has 1 fully saturated rings. The molecule has 0 bridgehead atoms. The number of carbonyl (C=O) groups excluding carboxylic acids is 1. The number of carbonyl (C=O) groups is 1. The molecular weight excluding hydrogens is 356 g/mol. The van der Waals surface area contributed by atoms with Crippen LogP contribution in [0, 0.1) is 0 Å². The van der Waals surface area contributed by atoms with Gasteiger partial charge < -0.3 is 24.0 Å². The third-order valence-corrected chi connectivity index (χ3v) is 5.17. The van der Waals surface area contributed by atoms with Gasteiger partial charge in [0.1, 0.15) is 17.2 Å². The van der Waals surface area contributed by atoms with E-state index in [1.807, 2.05) is 35.2 Å². The van der Waals surface area contributed by atoms with Gasteiger partial charge in [0, 0.05) is 38.3 Å². The molecular formula is C22H28N2O4. The molecule has 1 heterocycles. The fourth-order valence-electron chi connectivity index (χ4n) is 3.48. The molecule has 3 rings (SSSR count). The summed E-state index contributed by atoms with van der Waals surface area (Å²) in [6, 6.07) is 13.7. The first-order chi connectivity index (χ1) is 13.6. The van der Waals surface area contributed by atoms with Gasteiger partial charge in [0.2, 0.25) is 5.91 Å². The van der Waals surface area contributed by atoms with Gasteiger partial charge in [-0.15, -0.1) is 0 Å². The number of ether oxygens (including phenoxy) is 3. The average Bonchev–Trinajstić information content (AvgIpc) is 2.77. The van der Waals surface area contributed by atoms with Crippen molar-refractivity contribution in [3.05, 3.63) is 48.0 Å². The average molecular weight is 384 g/mol. The van der Waals surface area contributed by atoms with E-state index in [2.05, 4.69) is 17.0 Å². The Kier molecular flexibility index (Phi) is 6.63. The van der Waals surface area contributed by atoms with Crippen molar-refractivity contribution < 1.29 is 19.0 Å². The third-order valence-electron chi connectivity index (χ3n) is 5.17. The van der Waals surface area contributed by atoms with Gasteiger partial charge in [0.05, 0.1) is 21.3 Å². The smallest absolute Gasteiger partial charge is 0.223 e. The summed E-state index contributed by atoms with van der Waals surface area (Å²) in [7, 11) is 4.95. The summed E-state index contributed by atoms with van der Waals surface area (Å²) >= 11 is 0. The van der Waals surface area contributed by atoms with E-state index in [1.165, 1.54) is 0 Å². The minimum absolute atomic E-state index is 0.180. The second-order valence-electron chi connectivity index (χ2n) is 6.74. The lowest BCUT2D eigenvalue weighted by Gasteiger charge is -2.36. The molecule has 28 heavy (non-hydrogen) atoms. The summed E-state index contributed by atoms with van der Waals surface area (Å²) in [6.45, 7) is 3.14. The molecule has 1 aliphatic heterocycles. The molecule has 6 heteroatoms. The van der Waals surface area contributed by atoms with Gasteiger partial charge in [-0.1, -0.05) is 0 Å². The van der Waals surface area contributed by atoms with Crippen LogP contribution >= 0.6 is 0 Å². The van der Waals surface area contributed by atoms with Crippen molar-refractivity contribution in [2.45, 2.75) is 12.8 Å². The summed E-state index contributed by atoms with van der Waals surface area (Å²) in [4.78, 5) is 16.9. The van der Waals surface area contributed by atoms with Crippen molar-refractivity contribution >= 4 is 11.6 Å². The lowest BCUT2D eigenvalue weighted by Crippen LogP contribution is -2.48. The molecule has 0 aromatic heterocycles. The van der Waals surface area contributed by atoms with Crippen LogP contribution in [0.25, 0.3) is 0 Å². The first-order valence-corrected chi connectivity index (χ1v) is 9.52. The maximum Gasteiger partial charge on any atom is 0.223 e. The fraction of sp³-hybridized carbons (Fsp3) is 0.409. The van der Waals surface area contributed by atoms with E-state index in [1.54, 1.807) is 21.3 Å². The Morgan fingerprint density at radius 2 is 1.50 bits per heavy atom. The number of amides is 1. The lowest BCUT2D eigenvalue weighted by molar-refractivity contribution is -0.131. The second kappa shape index (κ2) is 9.35. The van der Waals surface area contributed by atoms with E-state index < -0.39 is 0 Å². The highest BCUT2D eigenvalue weighted by molar-refractivity contribution is 5.77. The summed E-state index contributed by atoms with van der Waals surface area (Å²) < 4.78 is 15.9. The Bertz CT molecular complexity index is 784. The quantitative estimate of drug-likeness (QED) is 0.735. The molecule has 0 atom stereocenters. The Hall–Kier alpha value is -2.89. The normalized spacial score (nSPS) is 14.0. The van der Waals surface area contributed by atoms with E-state index in [4.69, 9.17) is 14.2 Å². The highest BCUT2D eigenvalue weighted by atomic mass is 16.5. The number of hydrogen-bond donors (Lipinski definition) is 0. The molecule has 150 valence electrons. The standard InChI is InChI=1S/C22H28N2O4/c1-26-19-7-5-18(6-8-19)23-12-14-24(15-13-23)22(25)11-4-17-16-20(27-2)9-10-21(17)28-3/h5-10,16H,4,11-15H2,1-3H3. The first kappa shape index (κ1) is 19.9. The largest absolute Gasteiger partial charge is 0.497 e. The third kappa shape index (κ3) is 4.68. The number of aryl methyl sites for hydroxylation is 1. The van der Waals surface area contributed by atoms with E-state index >= 15 is 0 Å². The number of hydrogen-bond acceptors (Lipinski definition) is 5. The number of anilines is 1. The zero-order valence-electron chi connectivity index (χ0n) is 16.8. The molecule has 0 N–H and O–H groups in total. The summed E-state index contributed by atoms with van der Waals surface area (Å²) in [5.41, 5.74) is 2.15. The summed E-state index contributed by atoms with van der Waals surface area (Å²) in [5, 5.41) is 0. The highest BCUT2D eigenvalue weighted by Crippen LogP contribution is 2.26. The molecule has 0 spiro atoms. The predicted octanol–water partition coefficient (Wildman–Crippen LogP) is 2.99. The van der Waals surface area contributed by atoms with Crippen molar-refractivity contribution in [1.29, 1.82) is 0 Å². The Morgan fingerprint density at radius 3 is 2.11 bits per heavy atom. The highest BCUT2D eigenvalue weighted by Gasteiger charge is 2.21. The summed E-state index contributed by atoms with van der Waals surface area (Å²) in [6.07, 6.45) is 1.10. The maximum atomic E-state index is 12.7. The molecule has 6 nitrogen and oxygen atoms in total. The minimum atomic E-state index is 0.180. The van der Waals surface area contributed by atoms with Gasteiger partial charge in [-0.3, -0.25) is 4.79 Å². The van der Waals surface area contributed by atoms with Gasteiger partial charge in [-0.05, 0) is 54.4 Å². The van der Waals surface area contributed by atoms with Crippen LogP contribution in [0.2, 0.25) is 0 Å². The molecule has 0 saturated carbocycles. The van der Waals surface area contributed by atoms with Crippen molar-refractivity contribution in [2.75, 3.05) is 52.4 Å². The number of benzene rings is 2. The Morgan fingerprint density at radius 1 is 0.857 bits per heavy atom. The molecule has 2 aromatic carbocycles. The van der Waals surface area contributed by atoms with Crippen LogP contribution in [0.5, 0.6) is 17.2 Å². The van der Waals surface area contributed by atoms with E-state index in [9.17, 15) is 4.79 Å². The molecule has 0 unspecified atom stereocenters. The van der Waals surface area contributed by atoms with Crippen molar-refractivity contribution in [2.24, 2.45) is 0 Å². The Labute approximate surface area is 166 Å². The van der Waals surface area contributed by atoms with Crippen LogP contribution in [-0.4, -0.2) is 58.3 Å². The number of methoxy groups -OCH3 is 3. The molecule has 1 amide bonds. The molecule has 1 saturated heterocycles. The van der Waals surface area contributed by atoms with Crippen LogP contribution in [0.15, 0.2) is 42.5 Å². The van der Waals surface area contributed by atoms with E-state index in [0.29, 0.717) is 12.8 Å². The van der Waals surface area contributed by atoms with Crippen LogP contribution in [0.1, 0.15) is 12.0 Å². The zero-order chi connectivity index (χ0) is 19.9. The van der Waals surface area contributed by atoms with Gasteiger partial charge in [0.25, 0.3) is 0 Å². The Balaban J connectivity index is 1.52. The molecule has 2 aromatic rings. The van der Waals surface area contributed by atoms with Crippen molar-refractivity contribution in [3.8, 4) is 17.2 Å². The monoisotopic (exact) mass is 384 g/mol. The number of rotatable bonds is 7. The maximum absolute atomic E-state index is 12.7. The van der Waals surface area contributed by atoms with E-state index in [0.717, 1.165) is 54.7 Å². The van der Waals surface area contributed by atoms with Gasteiger partial charge >= 0.3 is 0 Å². The van der Waals surface area contributed by atoms with E-state index in [-0.39, 0.29) is 5.91 Å². The van der Waals surface area contributed by atoms with Gasteiger partial charge in [-0.25, -0.2) is 0 Å². The van der Waals surface area contributed by atoms with Gasteiger partial charge in [0.15, 0.2) is 0 Å². The minimum Gasteiger partial charge on any atom is -0.497 e. The number of piperazine rings is 1. The molecule has 0 aliphatic carbocycles. The SMILES string of the molecule is COc1ccc(N2CCN(C(=O)CCc3cc(OC)ccc3OC)CC2)cc1. The van der Waals surface area contributed by atoms with Crippen molar-refractivity contribution in [3.63, 3.8) is 0 Å². The lowest BCUT2D eigenvalue weighted by atomic mass is 10.1. The predicted molar refractivity (Wildman–Crippen MR) is 110 cm³/mol. The van der Waals surface area contributed by atoms with Crippen LogP contribution in [0.3, 0.4) is 0 Å². The zero-order valence-corrected chi connectivity index (χ0v) is 16.8. The second-order valence-corrected chi connectivity index (χ2v) is 6.74. The van der Waals surface area contributed by atoms with Crippen LogP contribution < -0.4 is 19.1 Å². The first-order valence-electron chi connectivity index (χ1n) is 9.52. The van der Waals surface area contributed by atoms with Gasteiger partial charge in [-0.2, -0.15) is 0 Å².